The maximum absolute atomic E-state index is 13.3. The van der Waals surface area contributed by atoms with E-state index in [0.717, 1.165) is 12.1 Å². The van der Waals surface area contributed by atoms with Crippen LogP contribution in [-0.2, 0) is 0 Å². The Bertz CT molecular complexity index is 615. The molecule has 110 valence electrons. The molecule has 4 nitrogen and oxygen atoms in total. The number of amides is 2. The number of nitrogens with one attached hydrogen (secondary N) is 2. The molecule has 21 heavy (non-hydrogen) atoms. The molecule has 0 spiro atoms. The van der Waals surface area contributed by atoms with E-state index in [1.807, 2.05) is 0 Å². The topological polar surface area (TPSA) is 50.4 Å². The Hall–Kier alpha value is -2.34. The summed E-state index contributed by atoms with van der Waals surface area (Å²) >= 11 is 5.71. The van der Waals surface area contributed by atoms with E-state index in [9.17, 15) is 13.6 Å². The molecule has 0 heterocycles. The molecule has 0 aliphatic rings. The number of hydrogen-bond acceptors (Lipinski definition) is 2. The smallest absolute Gasteiger partial charge is 0.322 e. The second-order valence-corrected chi connectivity index (χ2v) is 4.41. The van der Waals surface area contributed by atoms with Gasteiger partial charge in [-0.25, -0.2) is 13.6 Å². The van der Waals surface area contributed by atoms with E-state index in [1.165, 1.54) is 6.07 Å². The monoisotopic (exact) mass is 312 g/mol. The van der Waals surface area contributed by atoms with Crippen molar-refractivity contribution in [3.05, 3.63) is 59.1 Å². The van der Waals surface area contributed by atoms with Gasteiger partial charge in [-0.05, 0) is 36.4 Å². The van der Waals surface area contributed by atoms with E-state index in [4.69, 9.17) is 16.3 Å². The standard InChI is InChI=1S/C14H11ClF2N2O2/c15-9-4-6-10(7-5-9)21-8-18-14(20)19-13-11(16)2-1-3-12(13)17/h1-7H,8H2,(H2,18,19,20). The first kappa shape index (κ1) is 15.1. The molecule has 2 N–H and O–H groups in total. The van der Waals surface area contributed by atoms with Crippen molar-refractivity contribution in [3.63, 3.8) is 0 Å². The first-order valence-corrected chi connectivity index (χ1v) is 6.31. The quantitative estimate of drug-likeness (QED) is 0.844. The first-order chi connectivity index (χ1) is 10.1. The summed E-state index contributed by atoms with van der Waals surface area (Å²) in [6, 6.07) is 9.02. The lowest BCUT2D eigenvalue weighted by Gasteiger charge is -2.10. The predicted octanol–water partition coefficient (Wildman–Crippen LogP) is 3.78. The lowest BCUT2D eigenvalue weighted by molar-refractivity contribution is 0.234. The number of carbonyl (C=O) groups excluding carboxylic acids is 1. The van der Waals surface area contributed by atoms with Gasteiger partial charge in [-0.1, -0.05) is 17.7 Å². The van der Waals surface area contributed by atoms with Gasteiger partial charge in [-0.15, -0.1) is 0 Å². The Balaban J connectivity index is 1.84. The number of halogens is 3. The molecule has 7 heteroatoms. The average molecular weight is 313 g/mol. The van der Waals surface area contributed by atoms with Gasteiger partial charge in [-0.3, -0.25) is 0 Å². The van der Waals surface area contributed by atoms with Crippen LogP contribution in [-0.4, -0.2) is 12.8 Å². The molecular formula is C14H11ClF2N2O2. The van der Waals surface area contributed by atoms with Crippen LogP contribution in [0.15, 0.2) is 42.5 Å². The Kier molecular flexibility index (Phi) is 4.94. The largest absolute Gasteiger partial charge is 0.473 e. The number of ether oxygens (including phenoxy) is 1. The summed E-state index contributed by atoms with van der Waals surface area (Å²) in [5.41, 5.74) is -0.513. The summed E-state index contributed by atoms with van der Waals surface area (Å²) in [7, 11) is 0. The summed E-state index contributed by atoms with van der Waals surface area (Å²) in [5, 5.41) is 4.94. The third-order valence-corrected chi connectivity index (χ3v) is 2.74. The third kappa shape index (κ3) is 4.32. The maximum Gasteiger partial charge on any atom is 0.322 e. The van der Waals surface area contributed by atoms with Gasteiger partial charge in [0.2, 0.25) is 0 Å². The zero-order valence-corrected chi connectivity index (χ0v) is 11.5. The lowest BCUT2D eigenvalue weighted by Crippen LogP contribution is -2.32. The van der Waals surface area contributed by atoms with E-state index in [0.29, 0.717) is 10.8 Å². The molecule has 2 amide bonds. The summed E-state index contributed by atoms with van der Waals surface area (Å²) in [5.74, 6) is -1.22. The van der Waals surface area contributed by atoms with E-state index >= 15 is 0 Å². The average Bonchev–Trinajstić information content (AvgIpc) is 2.45. The molecule has 2 rings (SSSR count). The molecule has 0 saturated heterocycles. The Labute approximate surface area is 124 Å². The molecule has 0 saturated carbocycles. The fourth-order valence-electron chi connectivity index (χ4n) is 1.49. The maximum atomic E-state index is 13.3. The van der Waals surface area contributed by atoms with Crippen LogP contribution in [0.3, 0.4) is 0 Å². The van der Waals surface area contributed by atoms with Crippen LogP contribution in [0.5, 0.6) is 5.75 Å². The first-order valence-electron chi connectivity index (χ1n) is 5.93. The number of benzene rings is 2. The fraction of sp³-hybridized carbons (Fsp3) is 0.0714. The minimum absolute atomic E-state index is 0.163. The van der Waals surface area contributed by atoms with Crippen molar-refractivity contribution in [2.45, 2.75) is 0 Å². The van der Waals surface area contributed by atoms with Crippen molar-refractivity contribution in [2.24, 2.45) is 0 Å². The highest BCUT2D eigenvalue weighted by molar-refractivity contribution is 6.30. The Morgan fingerprint density at radius 2 is 1.71 bits per heavy atom. The molecule has 0 fully saturated rings. The predicted molar refractivity (Wildman–Crippen MR) is 75.5 cm³/mol. The Morgan fingerprint density at radius 1 is 1.10 bits per heavy atom. The fourth-order valence-corrected chi connectivity index (χ4v) is 1.62. The van der Waals surface area contributed by atoms with Crippen LogP contribution in [0, 0.1) is 11.6 Å². The number of carbonyl (C=O) groups is 1. The molecule has 0 aromatic heterocycles. The molecule has 0 aliphatic heterocycles. The van der Waals surface area contributed by atoms with Crippen molar-refractivity contribution in [1.29, 1.82) is 0 Å². The van der Waals surface area contributed by atoms with Gasteiger partial charge in [0.25, 0.3) is 0 Å². The molecule has 2 aromatic carbocycles. The SMILES string of the molecule is O=C(NCOc1ccc(Cl)cc1)Nc1c(F)cccc1F. The van der Waals surface area contributed by atoms with Crippen LogP contribution in [0.2, 0.25) is 5.02 Å². The zero-order chi connectivity index (χ0) is 15.2. The summed E-state index contributed by atoms with van der Waals surface area (Å²) < 4.78 is 31.8. The number of urea groups is 1. The molecule has 2 aromatic rings. The van der Waals surface area contributed by atoms with Crippen LogP contribution in [0.25, 0.3) is 0 Å². The molecule has 0 radical (unpaired) electrons. The molecule has 0 unspecified atom stereocenters. The van der Waals surface area contributed by atoms with Gasteiger partial charge in [0.05, 0.1) is 0 Å². The third-order valence-electron chi connectivity index (χ3n) is 2.49. The van der Waals surface area contributed by atoms with Crippen LogP contribution in [0.1, 0.15) is 0 Å². The normalized spacial score (nSPS) is 10.0. The molecule has 0 atom stereocenters. The number of rotatable bonds is 4. The van der Waals surface area contributed by atoms with Gasteiger partial charge >= 0.3 is 6.03 Å². The van der Waals surface area contributed by atoms with Gasteiger partial charge in [0.1, 0.15) is 23.1 Å². The second kappa shape index (κ2) is 6.90. The summed E-state index contributed by atoms with van der Waals surface area (Å²) in [6.07, 6.45) is 0. The van der Waals surface area contributed by atoms with Gasteiger partial charge in [-0.2, -0.15) is 0 Å². The molecule has 0 aliphatic carbocycles. The van der Waals surface area contributed by atoms with E-state index in [1.54, 1.807) is 24.3 Å². The second-order valence-electron chi connectivity index (χ2n) is 3.97. The van der Waals surface area contributed by atoms with Crippen LogP contribution in [0.4, 0.5) is 19.3 Å². The molecule has 0 bridgehead atoms. The van der Waals surface area contributed by atoms with Gasteiger partial charge in [0, 0.05) is 5.02 Å². The highest BCUT2D eigenvalue weighted by Crippen LogP contribution is 2.18. The van der Waals surface area contributed by atoms with Crippen LogP contribution >= 0.6 is 11.6 Å². The number of hydrogen-bond donors (Lipinski definition) is 2. The van der Waals surface area contributed by atoms with Gasteiger partial charge < -0.3 is 15.4 Å². The van der Waals surface area contributed by atoms with Crippen molar-refractivity contribution in [2.75, 3.05) is 12.0 Å². The minimum Gasteiger partial charge on any atom is -0.473 e. The lowest BCUT2D eigenvalue weighted by atomic mass is 10.3. The molecular weight excluding hydrogens is 302 g/mol. The zero-order valence-electron chi connectivity index (χ0n) is 10.7. The number of anilines is 1. The number of para-hydroxylation sites is 1. The van der Waals surface area contributed by atoms with Crippen molar-refractivity contribution in [3.8, 4) is 5.75 Å². The van der Waals surface area contributed by atoms with Crippen molar-refractivity contribution in [1.82, 2.24) is 5.32 Å². The van der Waals surface area contributed by atoms with Gasteiger partial charge in [0.15, 0.2) is 6.73 Å². The highest BCUT2D eigenvalue weighted by Gasteiger charge is 2.11. The summed E-state index contributed by atoms with van der Waals surface area (Å²) in [4.78, 5) is 11.5. The minimum atomic E-state index is -0.858. The Morgan fingerprint density at radius 3 is 2.33 bits per heavy atom. The van der Waals surface area contributed by atoms with E-state index in [-0.39, 0.29) is 6.73 Å². The van der Waals surface area contributed by atoms with Crippen LogP contribution < -0.4 is 15.4 Å². The van der Waals surface area contributed by atoms with Crippen molar-refractivity contribution < 1.29 is 18.3 Å². The summed E-state index contributed by atoms with van der Waals surface area (Å²) in [6.45, 7) is -0.163. The van der Waals surface area contributed by atoms with E-state index < -0.39 is 23.4 Å². The van der Waals surface area contributed by atoms with Crippen molar-refractivity contribution >= 4 is 23.3 Å². The van der Waals surface area contributed by atoms with E-state index in [2.05, 4.69) is 10.6 Å². The highest BCUT2D eigenvalue weighted by atomic mass is 35.5.